The van der Waals surface area contributed by atoms with E-state index in [9.17, 15) is 4.79 Å². The highest BCUT2D eigenvalue weighted by molar-refractivity contribution is 7.99. The molecule has 0 spiro atoms. The predicted octanol–water partition coefficient (Wildman–Crippen LogP) is 5.62. The molecule has 0 amide bonds. The van der Waals surface area contributed by atoms with E-state index in [0.717, 1.165) is 58.7 Å². The summed E-state index contributed by atoms with van der Waals surface area (Å²) >= 11 is 1.67. The third kappa shape index (κ3) is 4.66. The van der Waals surface area contributed by atoms with E-state index >= 15 is 0 Å². The molecule has 0 bridgehead atoms. The van der Waals surface area contributed by atoms with Gasteiger partial charge in [0.05, 0.1) is 6.10 Å². The molecule has 2 aliphatic rings. The van der Waals surface area contributed by atoms with Crippen molar-refractivity contribution in [3.63, 3.8) is 0 Å². The lowest BCUT2D eigenvalue weighted by Crippen LogP contribution is -2.36. The Morgan fingerprint density at radius 2 is 2.00 bits per heavy atom. The first-order valence-electron chi connectivity index (χ1n) is 11.2. The van der Waals surface area contributed by atoms with Gasteiger partial charge >= 0.3 is 0 Å². The molecule has 2 heterocycles. The van der Waals surface area contributed by atoms with Crippen molar-refractivity contribution in [3.8, 4) is 5.75 Å². The molecule has 0 saturated carbocycles. The standard InChI is InChI=1S/C24H32N4O2S/c1-6-7-12-31-23-26-22-25-18-13-24(4,5)14-19(29)20(18)21(28(22)27-23)16-8-10-17(11-9-16)30-15(2)3/h8-11,15,21H,6-7,12-14H2,1-5H3,(H,25,26,27). The number of Topliss-reactive ketones (excluding diaryl/α,β-unsaturated/α-hetero) is 1. The van der Waals surface area contributed by atoms with Crippen LogP contribution in [0.2, 0.25) is 0 Å². The van der Waals surface area contributed by atoms with Crippen LogP contribution < -0.4 is 10.1 Å². The zero-order valence-corrected chi connectivity index (χ0v) is 19.9. The van der Waals surface area contributed by atoms with Crippen LogP contribution in [0.15, 0.2) is 40.7 Å². The predicted molar refractivity (Wildman–Crippen MR) is 125 cm³/mol. The maximum atomic E-state index is 13.3. The molecule has 1 aromatic carbocycles. The summed E-state index contributed by atoms with van der Waals surface area (Å²) in [7, 11) is 0. The number of fused-ring (bicyclic) bond motifs is 1. The smallest absolute Gasteiger partial charge is 0.227 e. The lowest BCUT2D eigenvalue weighted by atomic mass is 9.73. The highest BCUT2D eigenvalue weighted by atomic mass is 32.2. The molecular formula is C24H32N4O2S. The molecule has 7 heteroatoms. The third-order valence-electron chi connectivity index (χ3n) is 5.61. The Hall–Kier alpha value is -2.28. The van der Waals surface area contributed by atoms with Crippen molar-refractivity contribution in [1.82, 2.24) is 14.8 Å². The number of allylic oxidation sites excluding steroid dienone is 2. The fourth-order valence-electron chi connectivity index (χ4n) is 4.27. The number of hydrogen-bond donors (Lipinski definition) is 1. The Morgan fingerprint density at radius 1 is 1.26 bits per heavy atom. The number of ether oxygens (including phenoxy) is 1. The number of rotatable bonds is 7. The highest BCUT2D eigenvalue weighted by Crippen LogP contribution is 2.45. The number of carbonyl (C=O) groups excluding carboxylic acids is 1. The number of nitrogens with one attached hydrogen (secondary N) is 1. The van der Waals surface area contributed by atoms with Crippen LogP contribution in [0.25, 0.3) is 0 Å². The van der Waals surface area contributed by atoms with E-state index in [-0.39, 0.29) is 23.3 Å². The summed E-state index contributed by atoms with van der Waals surface area (Å²) in [4.78, 5) is 18.0. The molecular weight excluding hydrogens is 408 g/mol. The lowest BCUT2D eigenvalue weighted by Gasteiger charge is -2.38. The number of nitrogens with zero attached hydrogens (tertiary/aromatic N) is 3. The summed E-state index contributed by atoms with van der Waals surface area (Å²) in [6.45, 7) is 10.5. The summed E-state index contributed by atoms with van der Waals surface area (Å²) in [5.41, 5.74) is 2.76. The van der Waals surface area contributed by atoms with Crippen molar-refractivity contribution in [1.29, 1.82) is 0 Å². The van der Waals surface area contributed by atoms with Gasteiger partial charge in [-0.2, -0.15) is 4.98 Å². The van der Waals surface area contributed by atoms with E-state index in [1.807, 2.05) is 42.8 Å². The molecule has 1 atom stereocenters. The van der Waals surface area contributed by atoms with E-state index in [2.05, 4.69) is 26.1 Å². The molecule has 166 valence electrons. The number of aromatic nitrogens is 3. The Bertz CT molecular complexity index is 992. The second-order valence-corrected chi connectivity index (χ2v) is 10.5. The Labute approximate surface area is 188 Å². The number of thioether (sulfide) groups is 1. The maximum Gasteiger partial charge on any atom is 0.227 e. The summed E-state index contributed by atoms with van der Waals surface area (Å²) in [5, 5.41) is 9.00. The van der Waals surface area contributed by atoms with Gasteiger partial charge in [-0.15, -0.1) is 5.10 Å². The number of carbonyl (C=O) groups is 1. The first-order chi connectivity index (χ1) is 14.8. The molecule has 0 saturated heterocycles. The Balaban J connectivity index is 1.74. The Morgan fingerprint density at radius 3 is 2.68 bits per heavy atom. The van der Waals surface area contributed by atoms with Crippen LogP contribution in [-0.2, 0) is 4.79 Å². The Kier molecular flexibility index (Phi) is 6.15. The molecule has 1 N–H and O–H groups in total. The summed E-state index contributed by atoms with van der Waals surface area (Å²) in [5.74, 6) is 2.72. The van der Waals surface area contributed by atoms with E-state index < -0.39 is 0 Å². The second-order valence-electron chi connectivity index (χ2n) is 9.46. The second kappa shape index (κ2) is 8.69. The van der Waals surface area contributed by atoms with Crippen LogP contribution in [0.4, 0.5) is 5.95 Å². The van der Waals surface area contributed by atoms with Crippen LogP contribution in [0.3, 0.4) is 0 Å². The third-order valence-corrected chi connectivity index (χ3v) is 6.53. The fraction of sp³-hybridized carbons (Fsp3) is 0.542. The number of ketones is 1. The topological polar surface area (TPSA) is 69.0 Å². The van der Waals surface area contributed by atoms with E-state index in [0.29, 0.717) is 6.42 Å². The summed E-state index contributed by atoms with van der Waals surface area (Å²) < 4.78 is 7.70. The molecule has 0 radical (unpaired) electrons. The lowest BCUT2D eigenvalue weighted by molar-refractivity contribution is -0.118. The molecule has 0 fully saturated rings. The molecule has 1 aliphatic carbocycles. The summed E-state index contributed by atoms with van der Waals surface area (Å²) in [6, 6.07) is 7.77. The van der Waals surface area contributed by atoms with Crippen molar-refractivity contribution in [2.24, 2.45) is 5.41 Å². The molecule has 1 aromatic heterocycles. The molecule has 2 aromatic rings. The minimum Gasteiger partial charge on any atom is -0.491 e. The van der Waals surface area contributed by atoms with Gasteiger partial charge in [0, 0.05) is 23.4 Å². The largest absolute Gasteiger partial charge is 0.491 e. The number of benzene rings is 1. The fourth-order valence-corrected chi connectivity index (χ4v) is 5.18. The number of anilines is 1. The summed E-state index contributed by atoms with van der Waals surface area (Å²) in [6.07, 6.45) is 3.76. The van der Waals surface area contributed by atoms with Gasteiger partial charge in [-0.25, -0.2) is 4.68 Å². The van der Waals surface area contributed by atoms with Gasteiger partial charge in [-0.1, -0.05) is 51.1 Å². The van der Waals surface area contributed by atoms with Gasteiger partial charge in [-0.05, 0) is 49.8 Å². The molecule has 1 aliphatic heterocycles. The zero-order valence-electron chi connectivity index (χ0n) is 19.1. The highest BCUT2D eigenvalue weighted by Gasteiger charge is 2.41. The number of hydrogen-bond acceptors (Lipinski definition) is 6. The van der Waals surface area contributed by atoms with Crippen molar-refractivity contribution in [2.75, 3.05) is 11.1 Å². The van der Waals surface area contributed by atoms with E-state index in [4.69, 9.17) is 14.8 Å². The normalized spacial score (nSPS) is 19.8. The van der Waals surface area contributed by atoms with Gasteiger partial charge in [0.15, 0.2) is 5.78 Å². The molecule has 1 unspecified atom stereocenters. The van der Waals surface area contributed by atoms with Gasteiger partial charge in [0.1, 0.15) is 11.8 Å². The van der Waals surface area contributed by atoms with Crippen LogP contribution in [-0.4, -0.2) is 32.4 Å². The molecule has 4 rings (SSSR count). The number of unbranched alkanes of at least 4 members (excludes halogenated alkanes) is 1. The average molecular weight is 441 g/mol. The first-order valence-corrected chi connectivity index (χ1v) is 12.1. The first kappa shape index (κ1) is 21.9. The van der Waals surface area contributed by atoms with Gasteiger partial charge < -0.3 is 10.1 Å². The minimum absolute atomic E-state index is 0.0661. The van der Waals surface area contributed by atoms with Gasteiger partial charge in [0.2, 0.25) is 11.1 Å². The van der Waals surface area contributed by atoms with Crippen molar-refractivity contribution >= 4 is 23.5 Å². The average Bonchev–Trinajstić information content (AvgIpc) is 3.08. The van der Waals surface area contributed by atoms with Crippen molar-refractivity contribution < 1.29 is 9.53 Å². The van der Waals surface area contributed by atoms with Crippen LogP contribution in [0, 0.1) is 5.41 Å². The van der Waals surface area contributed by atoms with Crippen molar-refractivity contribution in [2.45, 2.75) is 77.6 Å². The van der Waals surface area contributed by atoms with Crippen LogP contribution >= 0.6 is 11.8 Å². The maximum absolute atomic E-state index is 13.3. The van der Waals surface area contributed by atoms with Crippen molar-refractivity contribution in [3.05, 3.63) is 41.1 Å². The monoisotopic (exact) mass is 440 g/mol. The molecule has 31 heavy (non-hydrogen) atoms. The van der Waals surface area contributed by atoms with Crippen LogP contribution in [0.5, 0.6) is 5.75 Å². The van der Waals surface area contributed by atoms with Gasteiger partial charge in [-0.3, -0.25) is 4.79 Å². The zero-order chi connectivity index (χ0) is 22.2. The SMILES string of the molecule is CCCCSc1nc2n(n1)C(c1ccc(OC(C)C)cc1)C1=C(CC(C)(C)CC1=O)N2. The molecule has 6 nitrogen and oxygen atoms in total. The quantitative estimate of drug-likeness (QED) is 0.445. The minimum atomic E-state index is -0.268. The van der Waals surface area contributed by atoms with E-state index in [1.165, 1.54) is 0 Å². The van der Waals surface area contributed by atoms with Crippen LogP contribution in [0.1, 0.15) is 71.9 Å². The van der Waals surface area contributed by atoms with E-state index in [1.54, 1.807) is 11.8 Å². The van der Waals surface area contributed by atoms with Gasteiger partial charge in [0.25, 0.3) is 0 Å².